The minimum atomic E-state index is -0.520. The van der Waals surface area contributed by atoms with Crippen molar-refractivity contribution in [3.8, 4) is 5.75 Å². The van der Waals surface area contributed by atoms with Gasteiger partial charge in [0.05, 0.1) is 17.5 Å². The Morgan fingerprint density at radius 2 is 1.90 bits per heavy atom. The number of aromatic nitrogens is 3. The Kier molecular flexibility index (Phi) is 6.07. The van der Waals surface area contributed by atoms with Crippen molar-refractivity contribution in [2.45, 2.75) is 19.4 Å². The molecular weight excluding hydrogens is 396 g/mol. The minimum Gasteiger partial charge on any atom is -0.491 e. The molecule has 4 rings (SSSR count). The summed E-state index contributed by atoms with van der Waals surface area (Å²) in [4.78, 5) is 42.9. The van der Waals surface area contributed by atoms with Gasteiger partial charge in [-0.3, -0.25) is 24.1 Å². The van der Waals surface area contributed by atoms with Crippen molar-refractivity contribution in [1.29, 1.82) is 0 Å². The first kappa shape index (κ1) is 20.3. The molecule has 31 heavy (non-hydrogen) atoms. The van der Waals surface area contributed by atoms with Crippen LogP contribution in [0.3, 0.4) is 0 Å². The molecule has 0 spiro atoms. The number of aryl methyl sites for hydroxylation is 1. The maximum atomic E-state index is 12.2. The van der Waals surface area contributed by atoms with Crippen LogP contribution < -0.4 is 21.3 Å². The summed E-state index contributed by atoms with van der Waals surface area (Å²) in [7, 11) is 0. The second-order valence-corrected chi connectivity index (χ2v) is 7.06. The van der Waals surface area contributed by atoms with E-state index in [0.717, 1.165) is 10.9 Å². The molecule has 2 N–H and O–H groups in total. The molecule has 2 aromatic carbocycles. The van der Waals surface area contributed by atoms with E-state index in [1.807, 2.05) is 30.3 Å². The second kappa shape index (κ2) is 9.25. The predicted molar refractivity (Wildman–Crippen MR) is 118 cm³/mol. The molecule has 0 radical (unpaired) electrons. The molecule has 8 heteroatoms. The van der Waals surface area contributed by atoms with Crippen molar-refractivity contribution in [2.75, 3.05) is 13.2 Å². The normalized spacial score (nSPS) is 11.0. The number of fused-ring (bicyclic) bond motifs is 2. The van der Waals surface area contributed by atoms with Gasteiger partial charge in [0.15, 0.2) is 0 Å². The van der Waals surface area contributed by atoms with Gasteiger partial charge in [0.25, 0.3) is 5.56 Å². The summed E-state index contributed by atoms with van der Waals surface area (Å²) in [6.07, 6.45) is 2.49. The molecule has 0 atom stereocenters. The summed E-state index contributed by atoms with van der Waals surface area (Å²) in [6, 6.07) is 16.5. The molecule has 4 aromatic rings. The maximum Gasteiger partial charge on any atom is 0.328 e. The number of para-hydroxylation sites is 2. The Balaban J connectivity index is 1.27. The lowest BCUT2D eigenvalue weighted by molar-refractivity contribution is -0.121. The van der Waals surface area contributed by atoms with E-state index in [1.165, 1.54) is 4.57 Å². The smallest absolute Gasteiger partial charge is 0.328 e. The van der Waals surface area contributed by atoms with Gasteiger partial charge in [-0.05, 0) is 30.7 Å². The molecule has 0 saturated heterocycles. The number of pyridine rings is 1. The van der Waals surface area contributed by atoms with Gasteiger partial charge >= 0.3 is 5.69 Å². The molecule has 0 aliphatic heterocycles. The number of nitrogens with one attached hydrogen (secondary N) is 2. The van der Waals surface area contributed by atoms with Crippen LogP contribution in [0.2, 0.25) is 0 Å². The van der Waals surface area contributed by atoms with Gasteiger partial charge in [0.1, 0.15) is 11.3 Å². The zero-order chi connectivity index (χ0) is 21.6. The molecule has 8 nitrogen and oxygen atoms in total. The molecule has 2 aromatic heterocycles. The highest BCUT2D eigenvalue weighted by atomic mass is 16.5. The van der Waals surface area contributed by atoms with E-state index in [0.29, 0.717) is 36.2 Å². The van der Waals surface area contributed by atoms with Crippen molar-refractivity contribution in [3.63, 3.8) is 0 Å². The summed E-state index contributed by atoms with van der Waals surface area (Å²) in [5, 5.41) is 4.26. The Labute approximate surface area is 177 Å². The molecule has 2 heterocycles. The van der Waals surface area contributed by atoms with Crippen molar-refractivity contribution in [3.05, 3.63) is 81.6 Å². The SMILES string of the molecule is O=C(CCn1c(=O)[nH]c(=O)c2ccccc21)NCCCOc1cccc2cccnc12. The van der Waals surface area contributed by atoms with Gasteiger partial charge in [-0.15, -0.1) is 0 Å². The van der Waals surface area contributed by atoms with E-state index in [2.05, 4.69) is 15.3 Å². The van der Waals surface area contributed by atoms with E-state index in [1.54, 1.807) is 30.5 Å². The Morgan fingerprint density at radius 3 is 2.81 bits per heavy atom. The van der Waals surface area contributed by atoms with Crippen LogP contribution in [0.1, 0.15) is 12.8 Å². The molecule has 0 unspecified atom stereocenters. The molecule has 158 valence electrons. The van der Waals surface area contributed by atoms with Gasteiger partial charge in [0, 0.05) is 31.1 Å². The lowest BCUT2D eigenvalue weighted by Gasteiger charge is -2.11. The molecular formula is C23H22N4O4. The number of hydrogen-bond acceptors (Lipinski definition) is 5. The molecule has 0 bridgehead atoms. The maximum absolute atomic E-state index is 12.2. The van der Waals surface area contributed by atoms with Crippen LogP contribution in [0.4, 0.5) is 0 Å². The first-order valence-electron chi connectivity index (χ1n) is 10.1. The molecule has 0 fully saturated rings. The number of benzene rings is 2. The number of carbonyl (C=O) groups excluding carboxylic acids is 1. The van der Waals surface area contributed by atoms with Crippen LogP contribution in [-0.2, 0) is 11.3 Å². The zero-order valence-electron chi connectivity index (χ0n) is 16.8. The van der Waals surface area contributed by atoms with E-state index in [9.17, 15) is 14.4 Å². The van der Waals surface area contributed by atoms with Crippen molar-refractivity contribution < 1.29 is 9.53 Å². The molecule has 0 saturated carbocycles. The van der Waals surface area contributed by atoms with Gasteiger partial charge in [-0.1, -0.05) is 30.3 Å². The molecule has 1 amide bonds. The third-order valence-electron chi connectivity index (χ3n) is 4.96. The largest absolute Gasteiger partial charge is 0.491 e. The fourth-order valence-corrected chi connectivity index (χ4v) is 3.44. The lowest BCUT2D eigenvalue weighted by atomic mass is 10.2. The Hall–Kier alpha value is -3.94. The van der Waals surface area contributed by atoms with Crippen LogP contribution in [0.15, 0.2) is 70.4 Å². The standard InChI is InChI=1S/C23H22N4O4/c28-20(11-14-27-18-9-2-1-8-17(18)22(29)26-23(27)30)24-13-5-15-31-19-10-3-6-16-7-4-12-25-21(16)19/h1-4,6-10,12H,5,11,13-15H2,(H,24,28)(H,26,29,30). The fourth-order valence-electron chi connectivity index (χ4n) is 3.44. The summed E-state index contributed by atoms with van der Waals surface area (Å²) in [5.74, 6) is 0.544. The predicted octanol–water partition coefficient (Wildman–Crippen LogP) is 2.21. The highest BCUT2D eigenvalue weighted by Crippen LogP contribution is 2.22. The van der Waals surface area contributed by atoms with Crippen molar-refractivity contribution in [2.24, 2.45) is 0 Å². The van der Waals surface area contributed by atoms with Crippen molar-refractivity contribution >= 4 is 27.7 Å². The first-order valence-corrected chi connectivity index (χ1v) is 10.1. The topological polar surface area (TPSA) is 106 Å². The Bertz CT molecular complexity index is 1340. The number of nitrogens with zero attached hydrogens (tertiary/aromatic N) is 2. The van der Waals surface area contributed by atoms with Crippen LogP contribution in [0, 0.1) is 0 Å². The highest BCUT2D eigenvalue weighted by Gasteiger charge is 2.09. The average Bonchev–Trinajstić information content (AvgIpc) is 2.79. The minimum absolute atomic E-state index is 0.129. The quantitative estimate of drug-likeness (QED) is 0.427. The summed E-state index contributed by atoms with van der Waals surface area (Å²) in [6.45, 7) is 1.08. The van der Waals surface area contributed by atoms with E-state index < -0.39 is 11.2 Å². The third-order valence-corrected chi connectivity index (χ3v) is 4.96. The van der Waals surface area contributed by atoms with Crippen molar-refractivity contribution in [1.82, 2.24) is 19.9 Å². The van der Waals surface area contributed by atoms with E-state index in [-0.39, 0.29) is 18.9 Å². The van der Waals surface area contributed by atoms with E-state index in [4.69, 9.17) is 4.74 Å². The van der Waals surface area contributed by atoms with E-state index >= 15 is 0 Å². The average molecular weight is 418 g/mol. The first-order chi connectivity index (χ1) is 15.1. The highest BCUT2D eigenvalue weighted by molar-refractivity contribution is 5.84. The third kappa shape index (κ3) is 4.63. The van der Waals surface area contributed by atoms with Gasteiger partial charge in [0.2, 0.25) is 5.91 Å². The number of amides is 1. The second-order valence-electron chi connectivity index (χ2n) is 7.06. The molecule has 0 aliphatic rings. The number of rotatable bonds is 8. The number of carbonyl (C=O) groups is 1. The number of hydrogen-bond donors (Lipinski definition) is 2. The monoisotopic (exact) mass is 418 g/mol. The van der Waals surface area contributed by atoms with Crippen LogP contribution >= 0.6 is 0 Å². The van der Waals surface area contributed by atoms with Crippen LogP contribution in [0.25, 0.3) is 21.8 Å². The summed E-state index contributed by atoms with van der Waals surface area (Å²) in [5.41, 5.74) is 0.380. The zero-order valence-corrected chi connectivity index (χ0v) is 16.8. The lowest BCUT2D eigenvalue weighted by Crippen LogP contribution is -2.32. The Morgan fingerprint density at radius 1 is 1.06 bits per heavy atom. The van der Waals surface area contributed by atoms with Gasteiger partial charge < -0.3 is 10.1 Å². The van der Waals surface area contributed by atoms with Gasteiger partial charge in [-0.25, -0.2) is 4.79 Å². The van der Waals surface area contributed by atoms with Crippen LogP contribution in [0.5, 0.6) is 5.75 Å². The molecule has 0 aliphatic carbocycles. The number of H-pyrrole nitrogens is 1. The summed E-state index contributed by atoms with van der Waals surface area (Å²) < 4.78 is 7.22. The summed E-state index contributed by atoms with van der Waals surface area (Å²) >= 11 is 0. The van der Waals surface area contributed by atoms with Gasteiger partial charge in [-0.2, -0.15) is 0 Å². The number of aromatic amines is 1. The number of ether oxygens (including phenoxy) is 1. The van der Waals surface area contributed by atoms with Crippen LogP contribution in [-0.4, -0.2) is 33.6 Å². The fraction of sp³-hybridized carbons (Fsp3) is 0.217.